The zero-order valence-electron chi connectivity index (χ0n) is 11.1. The largest absolute Gasteiger partial charge is 0.457 e. The highest BCUT2D eigenvalue weighted by atomic mass is 16.5. The van der Waals surface area contributed by atoms with Gasteiger partial charge in [0.2, 0.25) is 0 Å². The molecule has 0 saturated carbocycles. The van der Waals surface area contributed by atoms with E-state index in [0.29, 0.717) is 0 Å². The maximum Gasteiger partial charge on any atom is 0.134 e. The number of rotatable bonds is 0. The second-order valence-corrected chi connectivity index (χ2v) is 5.37. The van der Waals surface area contributed by atoms with Crippen molar-refractivity contribution in [3.63, 3.8) is 0 Å². The van der Waals surface area contributed by atoms with Crippen LogP contribution in [0.4, 0.5) is 0 Å². The van der Waals surface area contributed by atoms with Gasteiger partial charge in [-0.15, -0.1) is 0 Å². The summed E-state index contributed by atoms with van der Waals surface area (Å²) in [5.74, 6) is 1.45. The van der Waals surface area contributed by atoms with Gasteiger partial charge in [0.15, 0.2) is 0 Å². The first-order valence-corrected chi connectivity index (χ1v) is 6.69. The quantitative estimate of drug-likeness (QED) is 0.658. The van der Waals surface area contributed by atoms with E-state index in [-0.39, 0.29) is 0 Å². The monoisotopic (exact) mass is 262 g/mol. The maximum atomic E-state index is 11.0. The standard InChI is InChI=1S/C18H14O2/c1-18(19)14-8-4-5-9-16(14)20-17-11-13-7-3-2-6-12(13)10-15(17)18/h2-11,19H,1H3. The molecule has 0 radical (unpaired) electrons. The van der Waals surface area contributed by atoms with E-state index in [4.69, 9.17) is 4.74 Å². The molecule has 3 aromatic carbocycles. The Balaban J connectivity index is 2.04. The number of aliphatic hydroxyl groups is 1. The smallest absolute Gasteiger partial charge is 0.134 e. The second kappa shape index (κ2) is 3.84. The minimum absolute atomic E-state index is 0.722. The maximum absolute atomic E-state index is 11.0. The van der Waals surface area contributed by atoms with Crippen molar-refractivity contribution >= 4 is 10.8 Å². The van der Waals surface area contributed by atoms with E-state index in [0.717, 1.165) is 33.4 Å². The minimum Gasteiger partial charge on any atom is -0.457 e. The third-order valence-electron chi connectivity index (χ3n) is 4.00. The van der Waals surface area contributed by atoms with Crippen molar-refractivity contribution in [2.45, 2.75) is 12.5 Å². The van der Waals surface area contributed by atoms with Gasteiger partial charge in [0.1, 0.15) is 17.1 Å². The van der Waals surface area contributed by atoms with Crippen molar-refractivity contribution in [1.82, 2.24) is 0 Å². The first-order chi connectivity index (χ1) is 9.66. The predicted molar refractivity (Wildman–Crippen MR) is 79.1 cm³/mol. The molecule has 0 fully saturated rings. The lowest BCUT2D eigenvalue weighted by Crippen LogP contribution is -2.27. The summed E-state index contributed by atoms with van der Waals surface area (Å²) in [6, 6.07) is 19.7. The molecule has 1 aliphatic rings. The van der Waals surface area contributed by atoms with E-state index in [1.165, 1.54) is 0 Å². The fraction of sp³-hybridized carbons (Fsp3) is 0.111. The Morgan fingerprint density at radius 3 is 2.25 bits per heavy atom. The summed E-state index contributed by atoms with van der Waals surface area (Å²) in [5.41, 5.74) is 0.589. The van der Waals surface area contributed by atoms with Crippen LogP contribution >= 0.6 is 0 Å². The highest BCUT2D eigenvalue weighted by Gasteiger charge is 2.36. The fourth-order valence-corrected chi connectivity index (χ4v) is 2.91. The predicted octanol–water partition coefficient (Wildman–Crippen LogP) is 4.20. The number of hydrogen-bond donors (Lipinski definition) is 1. The molecule has 1 atom stereocenters. The van der Waals surface area contributed by atoms with E-state index in [1.54, 1.807) is 0 Å². The number of para-hydroxylation sites is 1. The fourth-order valence-electron chi connectivity index (χ4n) is 2.91. The third-order valence-corrected chi connectivity index (χ3v) is 4.00. The van der Waals surface area contributed by atoms with Crippen molar-refractivity contribution in [1.29, 1.82) is 0 Å². The minimum atomic E-state index is -1.03. The Morgan fingerprint density at radius 2 is 1.45 bits per heavy atom. The van der Waals surface area contributed by atoms with Crippen LogP contribution in [0.15, 0.2) is 60.7 Å². The van der Waals surface area contributed by atoms with Gasteiger partial charge in [-0.25, -0.2) is 0 Å². The molecular weight excluding hydrogens is 248 g/mol. The molecule has 1 unspecified atom stereocenters. The Kier molecular flexibility index (Phi) is 2.21. The number of ether oxygens (including phenoxy) is 1. The molecule has 3 aromatic rings. The molecule has 1 heterocycles. The van der Waals surface area contributed by atoms with Crippen LogP contribution in [0.3, 0.4) is 0 Å². The second-order valence-electron chi connectivity index (χ2n) is 5.37. The molecule has 4 rings (SSSR count). The highest BCUT2D eigenvalue weighted by Crippen LogP contribution is 2.47. The van der Waals surface area contributed by atoms with Crippen LogP contribution in [-0.2, 0) is 5.60 Å². The Morgan fingerprint density at radius 1 is 0.800 bits per heavy atom. The van der Waals surface area contributed by atoms with Gasteiger partial charge in [-0.05, 0) is 35.9 Å². The van der Waals surface area contributed by atoms with E-state index >= 15 is 0 Å². The zero-order valence-corrected chi connectivity index (χ0v) is 11.1. The van der Waals surface area contributed by atoms with Gasteiger partial charge in [0, 0.05) is 11.1 Å². The summed E-state index contributed by atoms with van der Waals surface area (Å²) >= 11 is 0. The lowest BCUT2D eigenvalue weighted by Gasteiger charge is -2.33. The molecule has 2 nitrogen and oxygen atoms in total. The van der Waals surface area contributed by atoms with Crippen LogP contribution in [0.5, 0.6) is 11.5 Å². The van der Waals surface area contributed by atoms with Crippen molar-refractivity contribution in [3.8, 4) is 11.5 Å². The van der Waals surface area contributed by atoms with Crippen molar-refractivity contribution in [2.75, 3.05) is 0 Å². The molecular formula is C18H14O2. The lowest BCUT2D eigenvalue weighted by atomic mass is 9.84. The van der Waals surface area contributed by atoms with Crippen LogP contribution in [-0.4, -0.2) is 5.11 Å². The van der Waals surface area contributed by atoms with E-state index < -0.39 is 5.60 Å². The first kappa shape index (κ1) is 11.5. The van der Waals surface area contributed by atoms with Crippen LogP contribution in [0.1, 0.15) is 18.1 Å². The summed E-state index contributed by atoms with van der Waals surface area (Å²) in [7, 11) is 0. The number of fused-ring (bicyclic) bond motifs is 3. The molecule has 0 aromatic heterocycles. The van der Waals surface area contributed by atoms with E-state index in [1.807, 2.05) is 67.6 Å². The Hall–Kier alpha value is -2.32. The molecule has 20 heavy (non-hydrogen) atoms. The number of hydrogen-bond acceptors (Lipinski definition) is 2. The van der Waals surface area contributed by atoms with Gasteiger partial charge < -0.3 is 9.84 Å². The Bertz CT molecular complexity index is 819. The lowest BCUT2D eigenvalue weighted by molar-refractivity contribution is 0.0903. The topological polar surface area (TPSA) is 29.5 Å². The van der Waals surface area contributed by atoms with E-state index in [9.17, 15) is 5.11 Å². The van der Waals surface area contributed by atoms with Gasteiger partial charge in [0.05, 0.1) is 0 Å². The molecule has 0 amide bonds. The first-order valence-electron chi connectivity index (χ1n) is 6.69. The molecule has 0 saturated heterocycles. The summed E-state index contributed by atoms with van der Waals surface area (Å²) in [6.45, 7) is 1.82. The average Bonchev–Trinajstić information content (AvgIpc) is 2.46. The molecule has 1 N–H and O–H groups in total. The molecule has 0 bridgehead atoms. The summed E-state index contributed by atoms with van der Waals surface area (Å²) < 4.78 is 5.96. The van der Waals surface area contributed by atoms with Crippen LogP contribution < -0.4 is 4.74 Å². The van der Waals surface area contributed by atoms with Gasteiger partial charge in [-0.2, -0.15) is 0 Å². The van der Waals surface area contributed by atoms with Gasteiger partial charge in [-0.1, -0.05) is 42.5 Å². The van der Waals surface area contributed by atoms with Crippen molar-refractivity contribution in [3.05, 3.63) is 71.8 Å². The van der Waals surface area contributed by atoms with Gasteiger partial charge in [0.25, 0.3) is 0 Å². The van der Waals surface area contributed by atoms with Crippen LogP contribution in [0, 0.1) is 0 Å². The zero-order chi connectivity index (χ0) is 13.7. The van der Waals surface area contributed by atoms with Crippen LogP contribution in [0.25, 0.3) is 10.8 Å². The highest BCUT2D eigenvalue weighted by molar-refractivity contribution is 5.86. The molecule has 0 aliphatic carbocycles. The molecule has 0 spiro atoms. The summed E-state index contributed by atoms with van der Waals surface area (Å²) in [4.78, 5) is 0. The SMILES string of the molecule is CC1(O)c2ccccc2Oc2cc3ccccc3cc21. The summed E-state index contributed by atoms with van der Waals surface area (Å²) in [6.07, 6.45) is 0. The van der Waals surface area contributed by atoms with E-state index in [2.05, 4.69) is 0 Å². The van der Waals surface area contributed by atoms with Crippen molar-refractivity contribution < 1.29 is 9.84 Å². The normalized spacial score (nSPS) is 20.1. The molecule has 2 heteroatoms. The molecule has 98 valence electrons. The third kappa shape index (κ3) is 1.49. The average molecular weight is 262 g/mol. The summed E-state index contributed by atoms with van der Waals surface area (Å²) in [5, 5.41) is 13.2. The molecule has 1 aliphatic heterocycles. The van der Waals surface area contributed by atoms with Crippen molar-refractivity contribution in [2.24, 2.45) is 0 Å². The number of benzene rings is 3. The Labute approximate surface area is 117 Å². The van der Waals surface area contributed by atoms with Crippen LogP contribution in [0.2, 0.25) is 0 Å². The van der Waals surface area contributed by atoms with Gasteiger partial charge in [-0.3, -0.25) is 0 Å². The van der Waals surface area contributed by atoms with Gasteiger partial charge >= 0.3 is 0 Å².